The lowest BCUT2D eigenvalue weighted by molar-refractivity contribution is 0.792. The first-order chi connectivity index (χ1) is 5.41. The van der Waals surface area contributed by atoms with Crippen molar-refractivity contribution in [1.82, 2.24) is 0 Å². The molecule has 0 saturated heterocycles. The minimum absolute atomic E-state index is 0.697. The number of rotatable bonds is 2. The minimum Gasteiger partial charge on any atom is -0.0801 e. The predicted octanol–water partition coefficient (Wildman–Crippen LogP) is 3.85. The first-order valence-electron chi connectivity index (χ1n) is 4.81. The van der Waals surface area contributed by atoms with E-state index in [9.17, 15) is 0 Å². The SMILES string of the molecule is CC(C)C1=CC([Si](C)(C)C)C=C1. The van der Waals surface area contributed by atoms with E-state index in [2.05, 4.69) is 51.7 Å². The van der Waals surface area contributed by atoms with Crippen LogP contribution in [0, 0.1) is 5.92 Å². The molecule has 68 valence electrons. The van der Waals surface area contributed by atoms with Crippen molar-refractivity contribution in [3.8, 4) is 0 Å². The Balaban J connectivity index is 2.74. The zero-order valence-electron chi connectivity index (χ0n) is 8.89. The summed E-state index contributed by atoms with van der Waals surface area (Å²) in [6.07, 6.45) is 7.17. The van der Waals surface area contributed by atoms with Crippen molar-refractivity contribution in [3.05, 3.63) is 23.8 Å². The summed E-state index contributed by atoms with van der Waals surface area (Å²) in [6, 6.07) is 0. The Kier molecular flexibility index (Phi) is 2.62. The van der Waals surface area contributed by atoms with Crippen molar-refractivity contribution in [2.45, 2.75) is 39.0 Å². The molecule has 1 rings (SSSR count). The normalized spacial score (nSPS) is 23.5. The fourth-order valence-electron chi connectivity index (χ4n) is 1.46. The molecule has 0 nitrogen and oxygen atoms in total. The fraction of sp³-hybridized carbons (Fsp3) is 0.636. The van der Waals surface area contributed by atoms with E-state index in [1.165, 1.54) is 5.57 Å². The van der Waals surface area contributed by atoms with E-state index in [0.717, 1.165) is 5.54 Å². The summed E-state index contributed by atoms with van der Waals surface area (Å²) < 4.78 is 0. The highest BCUT2D eigenvalue weighted by atomic mass is 28.3. The van der Waals surface area contributed by atoms with Crippen LogP contribution < -0.4 is 0 Å². The number of allylic oxidation sites excluding steroid dienone is 4. The topological polar surface area (TPSA) is 0 Å². The molecule has 1 aliphatic rings. The highest BCUT2D eigenvalue weighted by molar-refractivity contribution is 6.78. The third kappa shape index (κ3) is 2.10. The van der Waals surface area contributed by atoms with E-state index in [1.807, 2.05) is 0 Å². The Hall–Kier alpha value is -0.303. The predicted molar refractivity (Wildman–Crippen MR) is 59.2 cm³/mol. The molecule has 0 saturated carbocycles. The molecule has 0 amide bonds. The Morgan fingerprint density at radius 2 is 1.83 bits per heavy atom. The molecule has 0 fully saturated rings. The average molecular weight is 180 g/mol. The second kappa shape index (κ2) is 3.21. The molecular weight excluding hydrogens is 160 g/mol. The fourth-order valence-corrected chi connectivity index (χ4v) is 2.82. The molecule has 1 unspecified atom stereocenters. The van der Waals surface area contributed by atoms with Gasteiger partial charge in [-0.3, -0.25) is 0 Å². The van der Waals surface area contributed by atoms with E-state index in [0.29, 0.717) is 5.92 Å². The molecule has 0 aliphatic heterocycles. The summed E-state index contributed by atoms with van der Waals surface area (Å²) in [5.74, 6) is 0.697. The summed E-state index contributed by atoms with van der Waals surface area (Å²) in [4.78, 5) is 0. The van der Waals surface area contributed by atoms with E-state index in [-0.39, 0.29) is 0 Å². The van der Waals surface area contributed by atoms with Crippen LogP contribution in [-0.2, 0) is 0 Å². The first kappa shape index (κ1) is 9.78. The standard InChI is InChI=1S/C11H20Si/c1-9(2)10-6-7-11(8-10)12(3,4)5/h6-9,11H,1-5H3. The first-order valence-corrected chi connectivity index (χ1v) is 8.39. The van der Waals surface area contributed by atoms with Gasteiger partial charge in [0.25, 0.3) is 0 Å². The van der Waals surface area contributed by atoms with Crippen LogP contribution in [0.25, 0.3) is 0 Å². The van der Waals surface area contributed by atoms with Gasteiger partial charge in [0.15, 0.2) is 0 Å². The van der Waals surface area contributed by atoms with Crippen molar-refractivity contribution in [2.75, 3.05) is 0 Å². The van der Waals surface area contributed by atoms with Crippen molar-refractivity contribution >= 4 is 8.07 Å². The molecule has 0 spiro atoms. The molecule has 0 radical (unpaired) electrons. The van der Waals surface area contributed by atoms with Crippen LogP contribution in [0.2, 0.25) is 25.2 Å². The maximum absolute atomic E-state index is 2.47. The van der Waals surface area contributed by atoms with Gasteiger partial charge in [0.1, 0.15) is 0 Å². The Bertz CT molecular complexity index is 216. The second-order valence-corrected chi connectivity index (χ2v) is 10.5. The van der Waals surface area contributed by atoms with Gasteiger partial charge in [0, 0.05) is 0 Å². The van der Waals surface area contributed by atoms with E-state index in [4.69, 9.17) is 0 Å². The molecular formula is C11H20Si. The highest BCUT2D eigenvalue weighted by Gasteiger charge is 2.25. The number of hydrogen-bond donors (Lipinski definition) is 0. The summed E-state index contributed by atoms with van der Waals surface area (Å²) in [5, 5.41) is 0. The quantitative estimate of drug-likeness (QED) is 0.566. The van der Waals surface area contributed by atoms with E-state index >= 15 is 0 Å². The Morgan fingerprint density at radius 1 is 1.25 bits per heavy atom. The second-order valence-electron chi connectivity index (χ2n) is 5.07. The van der Waals surface area contributed by atoms with Crippen molar-refractivity contribution in [1.29, 1.82) is 0 Å². The molecule has 0 aromatic heterocycles. The lowest BCUT2D eigenvalue weighted by Crippen LogP contribution is -2.24. The van der Waals surface area contributed by atoms with Gasteiger partial charge in [-0.2, -0.15) is 0 Å². The monoisotopic (exact) mass is 180 g/mol. The number of hydrogen-bond acceptors (Lipinski definition) is 0. The van der Waals surface area contributed by atoms with Gasteiger partial charge in [0.2, 0.25) is 0 Å². The summed E-state index contributed by atoms with van der Waals surface area (Å²) >= 11 is 0. The van der Waals surface area contributed by atoms with Crippen LogP contribution in [0.15, 0.2) is 23.8 Å². The lowest BCUT2D eigenvalue weighted by Gasteiger charge is -2.21. The maximum atomic E-state index is 2.47. The van der Waals surface area contributed by atoms with E-state index in [1.54, 1.807) is 0 Å². The Labute approximate surface area is 77.4 Å². The van der Waals surface area contributed by atoms with Crippen LogP contribution >= 0.6 is 0 Å². The average Bonchev–Trinajstić information content (AvgIpc) is 2.30. The maximum Gasteiger partial charge on any atom is 0.0558 e. The molecule has 1 aliphatic carbocycles. The minimum atomic E-state index is -0.975. The van der Waals surface area contributed by atoms with Crippen molar-refractivity contribution in [3.63, 3.8) is 0 Å². The summed E-state index contributed by atoms with van der Waals surface area (Å²) in [6.45, 7) is 11.8. The third-order valence-corrected chi connectivity index (χ3v) is 4.89. The molecule has 0 aromatic carbocycles. The lowest BCUT2D eigenvalue weighted by atomic mass is 10.1. The van der Waals surface area contributed by atoms with Crippen LogP contribution in [0.3, 0.4) is 0 Å². The van der Waals surface area contributed by atoms with Gasteiger partial charge in [-0.25, -0.2) is 0 Å². The van der Waals surface area contributed by atoms with Crippen molar-refractivity contribution in [2.24, 2.45) is 5.92 Å². The van der Waals surface area contributed by atoms with Gasteiger partial charge in [-0.1, -0.05) is 51.7 Å². The van der Waals surface area contributed by atoms with Crippen LogP contribution in [0.4, 0.5) is 0 Å². The highest BCUT2D eigenvalue weighted by Crippen LogP contribution is 2.33. The van der Waals surface area contributed by atoms with Gasteiger partial charge in [-0.15, -0.1) is 0 Å². The van der Waals surface area contributed by atoms with Crippen LogP contribution in [-0.4, -0.2) is 8.07 Å². The molecule has 1 heteroatoms. The largest absolute Gasteiger partial charge is 0.0801 e. The van der Waals surface area contributed by atoms with E-state index < -0.39 is 8.07 Å². The molecule has 12 heavy (non-hydrogen) atoms. The zero-order valence-corrected chi connectivity index (χ0v) is 9.89. The van der Waals surface area contributed by atoms with Crippen LogP contribution in [0.1, 0.15) is 13.8 Å². The smallest absolute Gasteiger partial charge is 0.0558 e. The van der Waals surface area contributed by atoms with Gasteiger partial charge in [-0.05, 0) is 17.0 Å². The summed E-state index contributed by atoms with van der Waals surface area (Å²) in [5.41, 5.74) is 2.30. The van der Waals surface area contributed by atoms with Crippen molar-refractivity contribution < 1.29 is 0 Å². The Morgan fingerprint density at radius 3 is 2.08 bits per heavy atom. The van der Waals surface area contributed by atoms with Gasteiger partial charge < -0.3 is 0 Å². The van der Waals surface area contributed by atoms with Gasteiger partial charge in [0.05, 0.1) is 8.07 Å². The molecule has 0 bridgehead atoms. The molecule has 0 aromatic rings. The third-order valence-electron chi connectivity index (χ3n) is 2.53. The molecule has 0 heterocycles. The summed E-state index contributed by atoms with van der Waals surface area (Å²) in [7, 11) is -0.975. The molecule has 1 atom stereocenters. The van der Waals surface area contributed by atoms with Crippen LogP contribution in [0.5, 0.6) is 0 Å². The zero-order chi connectivity index (χ0) is 9.35. The van der Waals surface area contributed by atoms with Gasteiger partial charge >= 0.3 is 0 Å². The molecule has 0 N–H and O–H groups in total.